The first-order valence-electron chi connectivity index (χ1n) is 10.6. The van der Waals surface area contributed by atoms with E-state index in [9.17, 15) is 4.79 Å². The molecule has 1 heterocycles. The predicted octanol–water partition coefficient (Wildman–Crippen LogP) is 6.12. The Morgan fingerprint density at radius 1 is 0.969 bits per heavy atom. The van der Waals surface area contributed by atoms with Gasteiger partial charge in [-0.2, -0.15) is 4.57 Å². The van der Waals surface area contributed by atoms with Crippen LogP contribution in [0.15, 0.2) is 71.8 Å². The van der Waals surface area contributed by atoms with Crippen molar-refractivity contribution >= 4 is 39.0 Å². The molecule has 160 valence electrons. The van der Waals surface area contributed by atoms with Gasteiger partial charge in [-0.1, -0.05) is 35.4 Å². The number of benzene rings is 3. The SMILES string of the molecule is [N-]=[N+]=Nc1ccc2c3ccc(N)cc3c(-c3ccccc3)[n+](CCCCCC(=O)O)c2c1. The zero-order chi connectivity index (χ0) is 22.5. The molecule has 0 saturated heterocycles. The average molecular weight is 427 g/mol. The molecule has 0 amide bonds. The van der Waals surface area contributed by atoms with E-state index in [1.807, 2.05) is 54.6 Å². The van der Waals surface area contributed by atoms with Gasteiger partial charge in [0.05, 0.1) is 10.8 Å². The lowest BCUT2D eigenvalue weighted by molar-refractivity contribution is -0.659. The molecular formula is C25H24N5O2+. The number of aliphatic carboxylic acids is 1. The molecule has 0 unspecified atom stereocenters. The summed E-state index contributed by atoms with van der Waals surface area (Å²) in [4.78, 5) is 13.8. The van der Waals surface area contributed by atoms with Crippen LogP contribution in [0.25, 0.3) is 43.4 Å². The summed E-state index contributed by atoms with van der Waals surface area (Å²) in [7, 11) is 0. The zero-order valence-corrected chi connectivity index (χ0v) is 17.6. The Bertz CT molecular complexity index is 1350. The fourth-order valence-corrected chi connectivity index (χ4v) is 4.21. The number of hydrogen-bond donors (Lipinski definition) is 2. The number of pyridine rings is 1. The minimum atomic E-state index is -0.770. The van der Waals surface area contributed by atoms with Crippen molar-refractivity contribution in [2.75, 3.05) is 5.73 Å². The number of rotatable bonds is 8. The van der Waals surface area contributed by atoms with Crippen LogP contribution >= 0.6 is 0 Å². The lowest BCUT2D eigenvalue weighted by Crippen LogP contribution is -2.37. The van der Waals surface area contributed by atoms with Crippen molar-refractivity contribution in [2.45, 2.75) is 32.2 Å². The molecule has 0 fully saturated rings. The number of nitrogens with zero attached hydrogens (tertiary/aromatic N) is 4. The van der Waals surface area contributed by atoms with Crippen molar-refractivity contribution in [3.05, 3.63) is 77.2 Å². The minimum Gasteiger partial charge on any atom is -0.481 e. The topological polar surface area (TPSA) is 116 Å². The van der Waals surface area contributed by atoms with E-state index in [1.165, 1.54) is 0 Å². The number of carboxylic acid groups (broad SMARTS) is 1. The second kappa shape index (κ2) is 9.37. The number of unbranched alkanes of at least 4 members (excludes halogenated alkanes) is 2. The van der Waals surface area contributed by atoms with Gasteiger partial charge in [0, 0.05) is 46.1 Å². The number of anilines is 1. The van der Waals surface area contributed by atoms with Gasteiger partial charge in [-0.25, -0.2) is 0 Å². The molecule has 7 heteroatoms. The standard InChI is InChI=1S/C25H23N5O2/c26-18-10-12-20-21-13-11-19(28-29-27)16-23(21)30(14-6-2-5-9-24(31)32)25(22(20)15-18)17-7-3-1-4-8-17/h1,3-4,7-8,10-13,15-16H,2,5-6,9,14,26H2/p+1. The summed E-state index contributed by atoms with van der Waals surface area (Å²) >= 11 is 0. The number of fused-ring (bicyclic) bond motifs is 3. The Balaban J connectivity index is 1.96. The number of azide groups is 1. The number of aryl methyl sites for hydroxylation is 1. The summed E-state index contributed by atoms with van der Waals surface area (Å²) in [5.41, 5.74) is 19.4. The molecule has 0 aliphatic rings. The van der Waals surface area contributed by atoms with Crippen molar-refractivity contribution in [3.8, 4) is 11.3 Å². The molecule has 0 saturated carbocycles. The van der Waals surface area contributed by atoms with Crippen LogP contribution in [-0.4, -0.2) is 11.1 Å². The van der Waals surface area contributed by atoms with Gasteiger partial charge in [0.15, 0.2) is 0 Å². The van der Waals surface area contributed by atoms with Crippen LogP contribution in [0.2, 0.25) is 0 Å². The largest absolute Gasteiger partial charge is 0.481 e. The summed E-state index contributed by atoms with van der Waals surface area (Å²) in [6.07, 6.45) is 2.44. The van der Waals surface area contributed by atoms with Gasteiger partial charge in [-0.05, 0) is 48.7 Å². The van der Waals surface area contributed by atoms with Crippen molar-refractivity contribution in [1.29, 1.82) is 0 Å². The van der Waals surface area contributed by atoms with E-state index < -0.39 is 5.97 Å². The number of carbonyl (C=O) groups is 1. The Kier molecular flexibility index (Phi) is 6.19. The molecule has 0 aliphatic carbocycles. The monoisotopic (exact) mass is 426 g/mol. The molecule has 0 radical (unpaired) electrons. The van der Waals surface area contributed by atoms with Crippen molar-refractivity contribution < 1.29 is 14.5 Å². The van der Waals surface area contributed by atoms with Gasteiger partial charge in [-0.15, -0.1) is 0 Å². The van der Waals surface area contributed by atoms with E-state index in [0.717, 1.165) is 45.8 Å². The maximum absolute atomic E-state index is 10.9. The van der Waals surface area contributed by atoms with E-state index in [0.29, 0.717) is 24.3 Å². The van der Waals surface area contributed by atoms with Crippen LogP contribution in [0.4, 0.5) is 11.4 Å². The lowest BCUT2D eigenvalue weighted by Gasteiger charge is -2.13. The molecule has 4 aromatic rings. The summed E-state index contributed by atoms with van der Waals surface area (Å²) in [6.45, 7) is 0.699. The number of aromatic nitrogens is 1. The van der Waals surface area contributed by atoms with E-state index in [-0.39, 0.29) is 6.42 Å². The van der Waals surface area contributed by atoms with Crippen molar-refractivity contribution in [1.82, 2.24) is 0 Å². The lowest BCUT2D eigenvalue weighted by atomic mass is 9.98. The maximum Gasteiger partial charge on any atom is 0.303 e. The molecule has 4 rings (SSSR count). The number of nitrogen functional groups attached to an aromatic ring is 1. The maximum atomic E-state index is 10.9. The third kappa shape index (κ3) is 4.33. The van der Waals surface area contributed by atoms with Crippen LogP contribution < -0.4 is 10.3 Å². The summed E-state index contributed by atoms with van der Waals surface area (Å²) < 4.78 is 2.24. The quantitative estimate of drug-likeness (QED) is 0.0672. The molecule has 0 bridgehead atoms. The molecular weight excluding hydrogens is 402 g/mol. The predicted molar refractivity (Wildman–Crippen MR) is 126 cm³/mol. The molecule has 32 heavy (non-hydrogen) atoms. The van der Waals surface area contributed by atoms with Crippen LogP contribution in [0.1, 0.15) is 25.7 Å². The van der Waals surface area contributed by atoms with Crippen LogP contribution in [0.5, 0.6) is 0 Å². The first-order chi connectivity index (χ1) is 15.6. The third-order valence-corrected chi connectivity index (χ3v) is 5.61. The van der Waals surface area contributed by atoms with Crippen LogP contribution in [0.3, 0.4) is 0 Å². The van der Waals surface area contributed by atoms with Gasteiger partial charge < -0.3 is 10.8 Å². The van der Waals surface area contributed by atoms with E-state index in [1.54, 1.807) is 0 Å². The first kappa shape index (κ1) is 21.2. The molecule has 0 spiro atoms. The number of carboxylic acids is 1. The van der Waals surface area contributed by atoms with E-state index in [4.69, 9.17) is 16.4 Å². The zero-order valence-electron chi connectivity index (χ0n) is 17.6. The van der Waals surface area contributed by atoms with Crippen molar-refractivity contribution in [3.63, 3.8) is 0 Å². The van der Waals surface area contributed by atoms with Gasteiger partial charge in [0.25, 0.3) is 0 Å². The molecule has 1 aromatic heterocycles. The fourth-order valence-electron chi connectivity index (χ4n) is 4.21. The average Bonchev–Trinajstić information content (AvgIpc) is 2.79. The highest BCUT2D eigenvalue weighted by Gasteiger charge is 2.23. The third-order valence-electron chi connectivity index (χ3n) is 5.61. The Labute approximate surface area is 185 Å². The molecule has 3 aromatic carbocycles. The second-order valence-corrected chi connectivity index (χ2v) is 7.77. The molecule has 0 atom stereocenters. The summed E-state index contributed by atoms with van der Waals surface area (Å²) in [5.74, 6) is -0.770. The van der Waals surface area contributed by atoms with Crippen LogP contribution in [-0.2, 0) is 11.3 Å². The highest BCUT2D eigenvalue weighted by molar-refractivity contribution is 6.10. The molecule has 0 aliphatic heterocycles. The van der Waals surface area contributed by atoms with E-state index in [2.05, 4.69) is 26.7 Å². The summed E-state index contributed by atoms with van der Waals surface area (Å²) in [5, 5.41) is 15.9. The molecule has 3 N–H and O–H groups in total. The fraction of sp³-hybridized carbons (Fsp3) is 0.200. The normalized spacial score (nSPS) is 10.9. The Morgan fingerprint density at radius 3 is 2.50 bits per heavy atom. The van der Waals surface area contributed by atoms with Gasteiger partial charge >= 0.3 is 5.97 Å². The second-order valence-electron chi connectivity index (χ2n) is 7.77. The van der Waals surface area contributed by atoms with E-state index >= 15 is 0 Å². The minimum absolute atomic E-state index is 0.173. The van der Waals surface area contributed by atoms with Crippen molar-refractivity contribution in [2.24, 2.45) is 5.11 Å². The highest BCUT2D eigenvalue weighted by atomic mass is 16.4. The number of nitrogens with two attached hydrogens (primary N) is 1. The number of hydrogen-bond acceptors (Lipinski definition) is 3. The summed E-state index contributed by atoms with van der Waals surface area (Å²) in [6, 6.07) is 21.8. The molecule has 7 nitrogen and oxygen atoms in total. The first-order valence-corrected chi connectivity index (χ1v) is 10.6. The van der Waals surface area contributed by atoms with Crippen LogP contribution in [0, 0.1) is 0 Å². The Hall–Kier alpha value is -4.09. The highest BCUT2D eigenvalue weighted by Crippen LogP contribution is 2.34. The van der Waals surface area contributed by atoms with Gasteiger partial charge in [-0.3, -0.25) is 4.79 Å². The van der Waals surface area contributed by atoms with Gasteiger partial charge in [0.2, 0.25) is 11.2 Å². The smallest absolute Gasteiger partial charge is 0.303 e. The van der Waals surface area contributed by atoms with Gasteiger partial charge in [0.1, 0.15) is 6.54 Å². The Morgan fingerprint density at radius 2 is 1.75 bits per heavy atom.